The molecule has 184 valence electrons. The van der Waals surface area contributed by atoms with E-state index in [1.54, 1.807) is 16.8 Å². The lowest BCUT2D eigenvalue weighted by molar-refractivity contribution is -0.128. The van der Waals surface area contributed by atoms with Crippen molar-refractivity contribution in [3.05, 3.63) is 77.2 Å². The summed E-state index contributed by atoms with van der Waals surface area (Å²) in [5.41, 5.74) is 8.04. The van der Waals surface area contributed by atoms with Gasteiger partial charge in [-0.2, -0.15) is 5.10 Å². The molecule has 0 fully saturated rings. The minimum absolute atomic E-state index is 0.157. The van der Waals surface area contributed by atoms with Crippen LogP contribution in [0.25, 0.3) is 5.69 Å². The van der Waals surface area contributed by atoms with Gasteiger partial charge in [-0.1, -0.05) is 50.6 Å². The molecule has 9 heteroatoms. The zero-order valence-electron chi connectivity index (χ0n) is 20.3. The second-order valence-electron chi connectivity index (χ2n) is 9.50. The van der Waals surface area contributed by atoms with Gasteiger partial charge in [0.05, 0.1) is 24.2 Å². The zero-order valence-corrected chi connectivity index (χ0v) is 20.3. The van der Waals surface area contributed by atoms with Crippen molar-refractivity contribution >= 4 is 23.5 Å². The molecule has 0 aliphatic heterocycles. The Morgan fingerprint density at radius 1 is 1.09 bits per heavy atom. The summed E-state index contributed by atoms with van der Waals surface area (Å²) in [4.78, 5) is 37.3. The Balaban J connectivity index is 1.84. The molecule has 0 radical (unpaired) electrons. The maximum atomic E-state index is 13.4. The lowest BCUT2D eigenvalue weighted by atomic mass is 9.92. The van der Waals surface area contributed by atoms with Gasteiger partial charge in [-0.3, -0.25) is 14.4 Å². The van der Waals surface area contributed by atoms with Gasteiger partial charge in [0.15, 0.2) is 0 Å². The van der Waals surface area contributed by atoms with Crippen molar-refractivity contribution in [1.29, 1.82) is 0 Å². The number of hydrogen-bond acceptors (Lipinski definition) is 4. The van der Waals surface area contributed by atoms with Crippen LogP contribution in [0.1, 0.15) is 44.0 Å². The quantitative estimate of drug-likeness (QED) is 0.460. The predicted molar refractivity (Wildman–Crippen MR) is 131 cm³/mol. The highest BCUT2D eigenvalue weighted by atomic mass is 19.1. The van der Waals surface area contributed by atoms with Gasteiger partial charge in [0.2, 0.25) is 17.7 Å². The monoisotopic (exact) mass is 479 g/mol. The van der Waals surface area contributed by atoms with Crippen LogP contribution < -0.4 is 16.4 Å². The van der Waals surface area contributed by atoms with Crippen molar-refractivity contribution in [2.75, 3.05) is 5.32 Å². The summed E-state index contributed by atoms with van der Waals surface area (Å²) in [6.07, 6.45) is -0.554. The van der Waals surface area contributed by atoms with Crippen molar-refractivity contribution in [1.82, 2.24) is 15.1 Å². The first-order valence-corrected chi connectivity index (χ1v) is 11.2. The van der Waals surface area contributed by atoms with E-state index in [9.17, 15) is 18.8 Å². The summed E-state index contributed by atoms with van der Waals surface area (Å²) >= 11 is 0. The molecule has 0 spiro atoms. The summed E-state index contributed by atoms with van der Waals surface area (Å²) in [6.45, 7) is 7.98. The van der Waals surface area contributed by atoms with Gasteiger partial charge < -0.3 is 16.4 Å². The number of nitrogens with two attached hydrogens (primary N) is 1. The molecule has 1 unspecified atom stereocenters. The molecule has 1 heterocycles. The van der Waals surface area contributed by atoms with Crippen molar-refractivity contribution in [3.63, 3.8) is 0 Å². The second kappa shape index (κ2) is 10.5. The Hall–Kier alpha value is -4.01. The van der Waals surface area contributed by atoms with Crippen LogP contribution in [0, 0.1) is 12.7 Å². The van der Waals surface area contributed by atoms with Crippen molar-refractivity contribution in [2.45, 2.75) is 52.0 Å². The normalized spacial score (nSPS) is 12.1. The van der Waals surface area contributed by atoms with Crippen LogP contribution in [0.15, 0.2) is 54.6 Å². The number of primary amides is 1. The molecule has 0 aliphatic rings. The molecular weight excluding hydrogens is 449 g/mol. The maximum absolute atomic E-state index is 13.4. The van der Waals surface area contributed by atoms with Gasteiger partial charge in [0.25, 0.3) is 0 Å². The number of halogens is 1. The third-order valence-electron chi connectivity index (χ3n) is 5.32. The van der Waals surface area contributed by atoms with E-state index in [-0.39, 0.29) is 11.8 Å². The smallest absolute Gasteiger partial charge is 0.248 e. The molecule has 0 bridgehead atoms. The van der Waals surface area contributed by atoms with Crippen LogP contribution in [0.4, 0.5) is 10.2 Å². The number of aromatic nitrogens is 2. The first-order valence-electron chi connectivity index (χ1n) is 11.2. The van der Waals surface area contributed by atoms with Crippen LogP contribution in [-0.4, -0.2) is 33.5 Å². The maximum Gasteiger partial charge on any atom is 0.248 e. The molecule has 1 atom stereocenters. The lowest BCUT2D eigenvalue weighted by Crippen LogP contribution is -2.46. The molecular formula is C26H30FN5O3. The van der Waals surface area contributed by atoms with Crippen molar-refractivity contribution in [3.8, 4) is 5.69 Å². The third kappa shape index (κ3) is 6.99. The minimum Gasteiger partial charge on any atom is -0.370 e. The Kier molecular flexibility index (Phi) is 7.68. The number of hydrogen-bond donors (Lipinski definition) is 3. The van der Waals surface area contributed by atoms with Gasteiger partial charge >= 0.3 is 0 Å². The molecule has 0 aliphatic carbocycles. The van der Waals surface area contributed by atoms with Gasteiger partial charge in [-0.15, -0.1) is 0 Å². The highest BCUT2D eigenvalue weighted by Gasteiger charge is 2.26. The highest BCUT2D eigenvalue weighted by molar-refractivity contribution is 5.99. The van der Waals surface area contributed by atoms with E-state index in [0.29, 0.717) is 11.4 Å². The lowest BCUT2D eigenvalue weighted by Gasteiger charge is -2.18. The first-order chi connectivity index (χ1) is 16.4. The summed E-state index contributed by atoms with van der Waals surface area (Å²) in [6, 6.07) is 13.8. The number of aryl methyl sites for hydroxylation is 1. The SMILES string of the molecule is Cc1ccc(-n2nc(C(C)(C)C)cc2NC(=O)C(CC(N)=O)NC(=O)Cc2cccc(F)c2)cc1. The Labute approximate surface area is 203 Å². The standard InChI is InChI=1S/C26H30FN5O3/c1-16-8-10-19(11-9-16)32-23(15-21(31-32)26(2,3)4)30-25(35)20(14-22(28)33)29-24(34)13-17-6-5-7-18(27)12-17/h5-12,15,20H,13-14H2,1-4H3,(H2,28,33)(H,29,34)(H,30,35). The molecule has 35 heavy (non-hydrogen) atoms. The predicted octanol–water partition coefficient (Wildman–Crippen LogP) is 3.16. The Morgan fingerprint density at radius 2 is 1.77 bits per heavy atom. The summed E-state index contributed by atoms with van der Waals surface area (Å²) in [7, 11) is 0. The fourth-order valence-electron chi connectivity index (χ4n) is 3.42. The largest absolute Gasteiger partial charge is 0.370 e. The average Bonchev–Trinajstić information content (AvgIpc) is 3.17. The molecule has 3 amide bonds. The third-order valence-corrected chi connectivity index (χ3v) is 5.32. The van der Waals surface area contributed by atoms with Gasteiger partial charge in [-0.25, -0.2) is 9.07 Å². The number of amides is 3. The van der Waals surface area contributed by atoms with Crippen LogP contribution in [-0.2, 0) is 26.2 Å². The second-order valence-corrected chi connectivity index (χ2v) is 9.50. The van der Waals surface area contributed by atoms with E-state index in [1.165, 1.54) is 18.2 Å². The molecule has 2 aromatic carbocycles. The van der Waals surface area contributed by atoms with Gasteiger partial charge in [-0.05, 0) is 36.8 Å². The number of anilines is 1. The fraction of sp³-hybridized carbons (Fsp3) is 0.308. The van der Waals surface area contributed by atoms with E-state index >= 15 is 0 Å². The van der Waals surface area contributed by atoms with E-state index < -0.39 is 36.0 Å². The highest BCUT2D eigenvalue weighted by Crippen LogP contribution is 2.26. The van der Waals surface area contributed by atoms with E-state index in [1.807, 2.05) is 52.0 Å². The van der Waals surface area contributed by atoms with E-state index in [0.717, 1.165) is 16.9 Å². The van der Waals surface area contributed by atoms with Crippen molar-refractivity contribution < 1.29 is 18.8 Å². The Morgan fingerprint density at radius 3 is 2.37 bits per heavy atom. The average molecular weight is 480 g/mol. The molecule has 0 saturated carbocycles. The van der Waals surface area contributed by atoms with Crippen LogP contribution in [0.3, 0.4) is 0 Å². The number of nitrogens with zero attached hydrogens (tertiary/aromatic N) is 2. The van der Waals surface area contributed by atoms with Crippen molar-refractivity contribution in [2.24, 2.45) is 5.73 Å². The molecule has 1 aromatic heterocycles. The number of rotatable bonds is 8. The van der Waals surface area contributed by atoms with Gasteiger partial charge in [0, 0.05) is 11.5 Å². The molecule has 0 saturated heterocycles. The fourth-order valence-corrected chi connectivity index (χ4v) is 3.42. The van der Waals surface area contributed by atoms with E-state index in [2.05, 4.69) is 15.7 Å². The van der Waals surface area contributed by atoms with Crippen LogP contribution in [0.2, 0.25) is 0 Å². The summed E-state index contributed by atoms with van der Waals surface area (Å²) < 4.78 is 15.0. The number of nitrogens with one attached hydrogen (secondary N) is 2. The topological polar surface area (TPSA) is 119 Å². The molecule has 3 aromatic rings. The van der Waals surface area contributed by atoms with Gasteiger partial charge in [0.1, 0.15) is 17.7 Å². The molecule has 8 nitrogen and oxygen atoms in total. The van der Waals surface area contributed by atoms with Crippen LogP contribution in [0.5, 0.6) is 0 Å². The number of carbonyl (C=O) groups is 3. The number of carbonyl (C=O) groups excluding carboxylic acids is 3. The van der Waals surface area contributed by atoms with Crippen LogP contribution >= 0.6 is 0 Å². The molecule has 3 rings (SSSR count). The first kappa shape index (κ1) is 25.6. The number of benzene rings is 2. The Bertz CT molecular complexity index is 1230. The zero-order chi connectivity index (χ0) is 25.8. The molecule has 4 N–H and O–H groups in total. The minimum atomic E-state index is -1.21. The van der Waals surface area contributed by atoms with E-state index in [4.69, 9.17) is 5.73 Å². The summed E-state index contributed by atoms with van der Waals surface area (Å²) in [5, 5.41) is 9.98. The summed E-state index contributed by atoms with van der Waals surface area (Å²) in [5.74, 6) is -2.00.